The number of nitrogens with one attached hydrogen (secondary N) is 2. The van der Waals surface area contributed by atoms with Crippen molar-refractivity contribution < 1.29 is 4.79 Å². The predicted octanol–water partition coefficient (Wildman–Crippen LogP) is 0.678. The standard InChI is InChI=1S/C12H24N6OS/c1-6-13-7-8-18-11(15-16-17-18)20-9(2)10(19)14-12(3,4)5/h9,13H,6-8H2,1-5H3,(H,14,19). The lowest BCUT2D eigenvalue weighted by Gasteiger charge is -2.22. The average molecular weight is 300 g/mol. The van der Waals surface area contributed by atoms with Gasteiger partial charge in [-0.2, -0.15) is 0 Å². The van der Waals surface area contributed by atoms with E-state index in [1.807, 2.05) is 34.6 Å². The van der Waals surface area contributed by atoms with Gasteiger partial charge in [0, 0.05) is 12.1 Å². The van der Waals surface area contributed by atoms with Crippen LogP contribution in [0.15, 0.2) is 5.16 Å². The molecule has 2 N–H and O–H groups in total. The minimum atomic E-state index is -0.238. The number of amides is 1. The molecule has 0 aromatic carbocycles. The number of hydrogen-bond donors (Lipinski definition) is 2. The molecule has 0 aliphatic rings. The first-order valence-electron chi connectivity index (χ1n) is 6.79. The summed E-state index contributed by atoms with van der Waals surface area (Å²) in [4.78, 5) is 12.0. The molecule has 114 valence electrons. The van der Waals surface area contributed by atoms with Crippen LogP contribution in [0.2, 0.25) is 0 Å². The minimum absolute atomic E-state index is 0.0104. The Labute approximate surface area is 124 Å². The van der Waals surface area contributed by atoms with Crippen LogP contribution in [0.4, 0.5) is 0 Å². The van der Waals surface area contributed by atoms with Crippen molar-refractivity contribution in [3.8, 4) is 0 Å². The van der Waals surface area contributed by atoms with Gasteiger partial charge < -0.3 is 10.6 Å². The molecule has 0 spiro atoms. The molecule has 0 radical (unpaired) electrons. The molecule has 0 saturated carbocycles. The van der Waals surface area contributed by atoms with Gasteiger partial charge in [0.05, 0.1) is 11.8 Å². The van der Waals surface area contributed by atoms with E-state index < -0.39 is 0 Å². The van der Waals surface area contributed by atoms with E-state index in [0.717, 1.165) is 13.1 Å². The Hall–Kier alpha value is -1.15. The summed E-state index contributed by atoms with van der Waals surface area (Å²) < 4.78 is 1.72. The third-order valence-electron chi connectivity index (χ3n) is 2.40. The number of likely N-dealkylation sites (N-methyl/N-ethyl adjacent to an activating group) is 1. The van der Waals surface area contributed by atoms with Gasteiger partial charge >= 0.3 is 0 Å². The zero-order chi connectivity index (χ0) is 15.2. The van der Waals surface area contributed by atoms with Crippen molar-refractivity contribution in [3.05, 3.63) is 0 Å². The molecule has 1 unspecified atom stereocenters. The Kier molecular flexibility index (Phi) is 6.41. The molecule has 0 bridgehead atoms. The van der Waals surface area contributed by atoms with Crippen molar-refractivity contribution in [2.75, 3.05) is 13.1 Å². The Morgan fingerprint density at radius 2 is 2.15 bits per heavy atom. The van der Waals surface area contributed by atoms with Gasteiger partial charge in [0.2, 0.25) is 11.1 Å². The van der Waals surface area contributed by atoms with Gasteiger partial charge in [-0.05, 0) is 44.7 Å². The second-order valence-electron chi connectivity index (χ2n) is 5.54. The predicted molar refractivity (Wildman–Crippen MR) is 79.6 cm³/mol. The van der Waals surface area contributed by atoms with Gasteiger partial charge in [-0.1, -0.05) is 18.7 Å². The van der Waals surface area contributed by atoms with Crippen LogP contribution >= 0.6 is 11.8 Å². The van der Waals surface area contributed by atoms with Crippen molar-refractivity contribution in [2.45, 2.75) is 57.1 Å². The second kappa shape index (κ2) is 7.58. The van der Waals surface area contributed by atoms with E-state index in [1.165, 1.54) is 11.8 Å². The molecule has 1 aromatic rings. The molecule has 0 aliphatic heterocycles. The van der Waals surface area contributed by atoms with Gasteiger partial charge in [0.25, 0.3) is 0 Å². The van der Waals surface area contributed by atoms with Crippen molar-refractivity contribution in [1.82, 2.24) is 30.8 Å². The van der Waals surface area contributed by atoms with E-state index in [9.17, 15) is 4.79 Å². The summed E-state index contributed by atoms with van der Waals surface area (Å²) in [5, 5.41) is 18.2. The zero-order valence-electron chi connectivity index (χ0n) is 12.8. The Balaban J connectivity index is 2.55. The summed E-state index contributed by atoms with van der Waals surface area (Å²) >= 11 is 1.37. The number of nitrogens with zero attached hydrogens (tertiary/aromatic N) is 4. The van der Waals surface area contributed by atoms with Crippen LogP contribution in [-0.4, -0.2) is 50.0 Å². The molecule has 0 saturated heterocycles. The van der Waals surface area contributed by atoms with Crippen LogP contribution in [0.5, 0.6) is 0 Å². The van der Waals surface area contributed by atoms with E-state index in [4.69, 9.17) is 0 Å². The lowest BCUT2D eigenvalue weighted by molar-refractivity contribution is -0.121. The maximum Gasteiger partial charge on any atom is 0.233 e. The molecule has 0 fully saturated rings. The van der Waals surface area contributed by atoms with Gasteiger partial charge in [-0.3, -0.25) is 4.79 Å². The highest BCUT2D eigenvalue weighted by molar-refractivity contribution is 8.00. The fourth-order valence-electron chi connectivity index (χ4n) is 1.47. The summed E-state index contributed by atoms with van der Waals surface area (Å²) in [7, 11) is 0. The molecule has 1 amide bonds. The van der Waals surface area contributed by atoms with Crippen molar-refractivity contribution in [3.63, 3.8) is 0 Å². The molecular weight excluding hydrogens is 276 g/mol. The van der Waals surface area contributed by atoms with E-state index in [1.54, 1.807) is 4.68 Å². The molecular formula is C12H24N6OS. The Morgan fingerprint density at radius 3 is 2.75 bits per heavy atom. The minimum Gasteiger partial charge on any atom is -0.351 e. The first kappa shape index (κ1) is 16.9. The monoisotopic (exact) mass is 300 g/mol. The van der Waals surface area contributed by atoms with Crippen LogP contribution in [0.25, 0.3) is 0 Å². The quantitative estimate of drug-likeness (QED) is 0.569. The number of tetrazole rings is 1. The number of aromatic nitrogens is 4. The average Bonchev–Trinajstić information content (AvgIpc) is 2.75. The molecule has 1 atom stereocenters. The van der Waals surface area contributed by atoms with Crippen LogP contribution < -0.4 is 10.6 Å². The van der Waals surface area contributed by atoms with Crippen molar-refractivity contribution in [2.24, 2.45) is 0 Å². The molecule has 1 rings (SSSR count). The smallest absolute Gasteiger partial charge is 0.233 e. The first-order chi connectivity index (χ1) is 9.33. The molecule has 8 heteroatoms. The van der Waals surface area contributed by atoms with E-state index in [2.05, 4.69) is 26.2 Å². The fourth-order valence-corrected chi connectivity index (χ4v) is 2.28. The molecule has 1 heterocycles. The maximum absolute atomic E-state index is 12.0. The molecule has 0 aliphatic carbocycles. The normalized spacial score (nSPS) is 13.2. The van der Waals surface area contributed by atoms with Gasteiger partial charge in [-0.15, -0.1) is 5.10 Å². The number of hydrogen-bond acceptors (Lipinski definition) is 6. The van der Waals surface area contributed by atoms with E-state index in [0.29, 0.717) is 11.7 Å². The lowest BCUT2D eigenvalue weighted by Crippen LogP contribution is -2.44. The third-order valence-corrected chi connectivity index (χ3v) is 3.47. The summed E-state index contributed by atoms with van der Waals surface area (Å²) in [5.74, 6) is -0.0104. The summed E-state index contributed by atoms with van der Waals surface area (Å²) in [6.45, 7) is 12.2. The van der Waals surface area contributed by atoms with Crippen molar-refractivity contribution >= 4 is 17.7 Å². The van der Waals surface area contributed by atoms with Crippen LogP contribution in [0.1, 0.15) is 34.6 Å². The lowest BCUT2D eigenvalue weighted by atomic mass is 10.1. The van der Waals surface area contributed by atoms with Crippen LogP contribution in [0.3, 0.4) is 0 Å². The second-order valence-corrected chi connectivity index (χ2v) is 6.85. The summed E-state index contributed by atoms with van der Waals surface area (Å²) in [6, 6.07) is 0. The largest absolute Gasteiger partial charge is 0.351 e. The van der Waals surface area contributed by atoms with Crippen LogP contribution in [-0.2, 0) is 11.3 Å². The van der Waals surface area contributed by atoms with E-state index in [-0.39, 0.29) is 16.7 Å². The highest BCUT2D eigenvalue weighted by Gasteiger charge is 2.22. The Bertz CT molecular complexity index is 428. The summed E-state index contributed by atoms with van der Waals surface area (Å²) in [6.07, 6.45) is 0. The van der Waals surface area contributed by atoms with Gasteiger partial charge in [0.15, 0.2) is 0 Å². The number of carbonyl (C=O) groups excluding carboxylic acids is 1. The fraction of sp³-hybridized carbons (Fsp3) is 0.833. The first-order valence-corrected chi connectivity index (χ1v) is 7.67. The number of thioether (sulfide) groups is 1. The van der Waals surface area contributed by atoms with Crippen molar-refractivity contribution in [1.29, 1.82) is 0 Å². The SMILES string of the molecule is CCNCCn1nnnc1SC(C)C(=O)NC(C)(C)C. The van der Waals surface area contributed by atoms with Gasteiger partial charge in [0.1, 0.15) is 0 Å². The molecule has 1 aromatic heterocycles. The highest BCUT2D eigenvalue weighted by atomic mass is 32.2. The number of carbonyl (C=O) groups is 1. The van der Waals surface area contributed by atoms with Gasteiger partial charge in [-0.25, -0.2) is 4.68 Å². The summed E-state index contributed by atoms with van der Waals surface area (Å²) in [5.41, 5.74) is -0.233. The molecule has 7 nitrogen and oxygen atoms in total. The maximum atomic E-state index is 12.0. The Morgan fingerprint density at radius 1 is 1.45 bits per heavy atom. The van der Waals surface area contributed by atoms with E-state index >= 15 is 0 Å². The third kappa shape index (κ3) is 5.87. The number of rotatable bonds is 7. The highest BCUT2D eigenvalue weighted by Crippen LogP contribution is 2.20. The molecule has 20 heavy (non-hydrogen) atoms. The zero-order valence-corrected chi connectivity index (χ0v) is 13.6. The van der Waals surface area contributed by atoms with Crippen LogP contribution in [0, 0.1) is 0 Å². The topological polar surface area (TPSA) is 84.7 Å².